The molecule has 1 atom stereocenters. The third-order valence-electron chi connectivity index (χ3n) is 3.31. The van der Waals surface area contributed by atoms with Crippen LogP contribution in [0.4, 0.5) is 0 Å². The summed E-state index contributed by atoms with van der Waals surface area (Å²) in [4.78, 5) is 0. The van der Waals surface area contributed by atoms with E-state index in [-0.39, 0.29) is 0 Å². The van der Waals surface area contributed by atoms with Crippen LogP contribution in [0.5, 0.6) is 0 Å². The highest BCUT2D eigenvalue weighted by molar-refractivity contribution is 7.99. The van der Waals surface area contributed by atoms with E-state index in [0.29, 0.717) is 5.41 Å². The summed E-state index contributed by atoms with van der Waals surface area (Å²) in [5, 5.41) is 3.72. The van der Waals surface area contributed by atoms with Crippen molar-refractivity contribution in [3.63, 3.8) is 0 Å². The minimum Gasteiger partial charge on any atom is -0.314 e. The Bertz CT molecular complexity index is 168. The second-order valence-electron chi connectivity index (χ2n) is 5.46. The first-order valence-corrected chi connectivity index (χ1v) is 7.60. The predicted molar refractivity (Wildman–Crippen MR) is 71.7 cm³/mol. The van der Waals surface area contributed by atoms with E-state index in [1.807, 2.05) is 0 Å². The first kappa shape index (κ1) is 13.4. The van der Waals surface area contributed by atoms with Crippen molar-refractivity contribution < 1.29 is 0 Å². The first-order valence-electron chi connectivity index (χ1n) is 6.45. The Labute approximate surface area is 99.8 Å². The molecule has 0 bridgehead atoms. The summed E-state index contributed by atoms with van der Waals surface area (Å²) >= 11 is 2.05. The minimum atomic E-state index is 0.577. The number of hydrogen-bond donors (Lipinski definition) is 1. The highest BCUT2D eigenvalue weighted by Gasteiger charge is 2.27. The number of nitrogens with one attached hydrogen (secondary N) is 1. The molecule has 15 heavy (non-hydrogen) atoms. The van der Waals surface area contributed by atoms with Crippen molar-refractivity contribution in [3.05, 3.63) is 0 Å². The van der Waals surface area contributed by atoms with E-state index in [1.165, 1.54) is 50.2 Å². The average Bonchev–Trinajstić information content (AvgIpc) is 2.16. The third kappa shape index (κ3) is 5.82. The lowest BCUT2D eigenvalue weighted by atomic mass is 9.75. The van der Waals surface area contributed by atoms with Crippen molar-refractivity contribution in [3.8, 4) is 0 Å². The maximum absolute atomic E-state index is 3.72. The van der Waals surface area contributed by atoms with Gasteiger partial charge in [0.1, 0.15) is 0 Å². The van der Waals surface area contributed by atoms with Gasteiger partial charge in [-0.05, 0) is 49.1 Å². The van der Waals surface area contributed by atoms with Crippen molar-refractivity contribution in [1.29, 1.82) is 0 Å². The Hall–Kier alpha value is 0.310. The van der Waals surface area contributed by atoms with Crippen molar-refractivity contribution in [2.24, 2.45) is 5.41 Å². The van der Waals surface area contributed by atoms with Crippen molar-refractivity contribution in [2.45, 2.75) is 58.9 Å². The van der Waals surface area contributed by atoms with Crippen LogP contribution in [0.15, 0.2) is 0 Å². The molecule has 0 aliphatic heterocycles. The minimum absolute atomic E-state index is 0.577. The maximum atomic E-state index is 3.72. The second-order valence-corrected chi connectivity index (χ2v) is 6.86. The summed E-state index contributed by atoms with van der Waals surface area (Å²) in [6.45, 7) is 8.27. The number of thioether (sulfide) groups is 1. The molecule has 1 aliphatic carbocycles. The van der Waals surface area contributed by atoms with Gasteiger partial charge in [0.2, 0.25) is 0 Å². The highest BCUT2D eigenvalue weighted by Crippen LogP contribution is 2.34. The lowest BCUT2D eigenvalue weighted by Gasteiger charge is -2.35. The van der Waals surface area contributed by atoms with Crippen LogP contribution in [0, 0.1) is 5.41 Å². The van der Waals surface area contributed by atoms with Crippen LogP contribution in [0.3, 0.4) is 0 Å². The van der Waals surface area contributed by atoms with Crippen LogP contribution in [-0.2, 0) is 0 Å². The standard InChI is InChI=1S/C13H27NS/c1-4-15-10-6-9-14-12-7-5-8-13(2,3)11-12/h12,14H,4-11H2,1-3H3. The topological polar surface area (TPSA) is 12.0 Å². The summed E-state index contributed by atoms with van der Waals surface area (Å²) in [5.74, 6) is 2.58. The normalized spacial score (nSPS) is 25.4. The fourth-order valence-corrected chi connectivity index (χ4v) is 3.13. The van der Waals surface area contributed by atoms with E-state index in [9.17, 15) is 0 Å². The Morgan fingerprint density at radius 2 is 2.20 bits per heavy atom. The smallest absolute Gasteiger partial charge is 0.00721 e. The molecular weight excluding hydrogens is 202 g/mol. The molecule has 1 saturated carbocycles. The van der Waals surface area contributed by atoms with Crippen molar-refractivity contribution >= 4 is 11.8 Å². The van der Waals surface area contributed by atoms with Gasteiger partial charge >= 0.3 is 0 Å². The molecule has 0 aromatic rings. The lowest BCUT2D eigenvalue weighted by molar-refractivity contribution is 0.199. The van der Waals surface area contributed by atoms with Gasteiger partial charge in [-0.2, -0.15) is 11.8 Å². The molecule has 0 aromatic carbocycles. The van der Waals surface area contributed by atoms with Gasteiger partial charge in [0.25, 0.3) is 0 Å². The maximum Gasteiger partial charge on any atom is 0.00721 e. The van der Waals surface area contributed by atoms with Gasteiger partial charge in [-0.15, -0.1) is 0 Å². The van der Waals surface area contributed by atoms with Gasteiger partial charge in [-0.25, -0.2) is 0 Å². The zero-order valence-corrected chi connectivity index (χ0v) is 11.5. The van der Waals surface area contributed by atoms with Crippen LogP contribution >= 0.6 is 11.8 Å². The Kier molecular flexibility index (Phi) is 6.06. The summed E-state index contributed by atoms with van der Waals surface area (Å²) in [6.07, 6.45) is 6.92. The molecule has 1 rings (SSSR count). The molecule has 1 nitrogen and oxygen atoms in total. The van der Waals surface area contributed by atoms with Crippen molar-refractivity contribution in [1.82, 2.24) is 5.32 Å². The summed E-state index contributed by atoms with van der Waals surface area (Å²) in [7, 11) is 0. The molecule has 0 aromatic heterocycles. The van der Waals surface area contributed by atoms with E-state index in [1.54, 1.807) is 0 Å². The predicted octanol–water partition coefficient (Wildman–Crippen LogP) is 3.69. The van der Waals surface area contributed by atoms with Gasteiger partial charge in [0.05, 0.1) is 0 Å². The highest BCUT2D eigenvalue weighted by atomic mass is 32.2. The van der Waals surface area contributed by atoms with Crippen LogP contribution in [0.25, 0.3) is 0 Å². The van der Waals surface area contributed by atoms with Gasteiger partial charge < -0.3 is 5.32 Å². The molecule has 1 fully saturated rings. The molecule has 0 spiro atoms. The molecular formula is C13H27NS. The molecule has 0 radical (unpaired) electrons. The van der Waals surface area contributed by atoms with Crippen LogP contribution in [0.1, 0.15) is 52.9 Å². The largest absolute Gasteiger partial charge is 0.314 e. The summed E-state index contributed by atoms with van der Waals surface area (Å²) < 4.78 is 0. The third-order valence-corrected chi connectivity index (χ3v) is 4.29. The summed E-state index contributed by atoms with van der Waals surface area (Å²) in [6, 6.07) is 0.792. The SMILES string of the molecule is CCSCCCNC1CCCC(C)(C)C1. The summed E-state index contributed by atoms with van der Waals surface area (Å²) in [5.41, 5.74) is 0.577. The zero-order valence-electron chi connectivity index (χ0n) is 10.6. The van der Waals surface area contributed by atoms with E-state index >= 15 is 0 Å². The zero-order chi connectivity index (χ0) is 11.1. The second kappa shape index (κ2) is 6.80. The fourth-order valence-electron chi connectivity index (χ4n) is 2.50. The van der Waals surface area contributed by atoms with E-state index in [2.05, 4.69) is 37.8 Å². The molecule has 0 heterocycles. The Morgan fingerprint density at radius 1 is 1.40 bits per heavy atom. The molecule has 0 amide bonds. The Morgan fingerprint density at radius 3 is 2.87 bits per heavy atom. The van der Waals surface area contributed by atoms with Gasteiger partial charge in [-0.3, -0.25) is 0 Å². The lowest BCUT2D eigenvalue weighted by Crippen LogP contribution is -2.37. The van der Waals surface area contributed by atoms with Crippen LogP contribution in [-0.4, -0.2) is 24.1 Å². The molecule has 0 saturated heterocycles. The van der Waals surface area contributed by atoms with Gasteiger partial charge in [0.15, 0.2) is 0 Å². The molecule has 1 unspecified atom stereocenters. The van der Waals surface area contributed by atoms with E-state index in [0.717, 1.165) is 6.04 Å². The van der Waals surface area contributed by atoms with E-state index < -0.39 is 0 Å². The first-order chi connectivity index (χ1) is 7.14. The molecule has 90 valence electrons. The molecule has 2 heteroatoms. The monoisotopic (exact) mass is 229 g/mol. The van der Waals surface area contributed by atoms with Gasteiger partial charge in [-0.1, -0.05) is 27.2 Å². The Balaban J connectivity index is 2.05. The average molecular weight is 229 g/mol. The van der Waals surface area contributed by atoms with E-state index in [4.69, 9.17) is 0 Å². The van der Waals surface area contributed by atoms with Gasteiger partial charge in [0, 0.05) is 6.04 Å². The number of rotatable bonds is 6. The van der Waals surface area contributed by atoms with Crippen molar-refractivity contribution in [2.75, 3.05) is 18.1 Å². The van der Waals surface area contributed by atoms with Crippen LogP contribution < -0.4 is 5.32 Å². The fraction of sp³-hybridized carbons (Fsp3) is 1.00. The quantitative estimate of drug-likeness (QED) is 0.697. The molecule has 1 N–H and O–H groups in total. The number of hydrogen-bond acceptors (Lipinski definition) is 2. The van der Waals surface area contributed by atoms with Crippen LogP contribution in [0.2, 0.25) is 0 Å². The molecule has 1 aliphatic rings.